The van der Waals surface area contributed by atoms with Gasteiger partial charge in [-0.05, 0) is 37.5 Å². The summed E-state index contributed by atoms with van der Waals surface area (Å²) in [7, 11) is 1.51. The molecule has 0 aliphatic heterocycles. The lowest BCUT2D eigenvalue weighted by atomic mass is 9.93. The van der Waals surface area contributed by atoms with Gasteiger partial charge in [0.2, 0.25) is 0 Å². The standard InChI is InChI=1S/C13H19FO2/c1-8(2)12-10(14)6-9(13(3,4)15)7-11(12)16-5/h6-8,15H,1-5H3. The first-order valence-corrected chi connectivity index (χ1v) is 5.37. The van der Waals surface area contributed by atoms with E-state index in [-0.39, 0.29) is 11.7 Å². The molecule has 1 N–H and O–H groups in total. The average molecular weight is 226 g/mol. The molecule has 0 spiro atoms. The van der Waals surface area contributed by atoms with Gasteiger partial charge in [0.1, 0.15) is 11.6 Å². The molecule has 0 unspecified atom stereocenters. The van der Waals surface area contributed by atoms with Crippen LogP contribution in [0.15, 0.2) is 12.1 Å². The third kappa shape index (κ3) is 2.53. The second-order valence-corrected chi connectivity index (χ2v) is 4.79. The third-order valence-electron chi connectivity index (χ3n) is 2.60. The van der Waals surface area contributed by atoms with Crippen LogP contribution in [0.25, 0.3) is 0 Å². The molecule has 0 heterocycles. The Labute approximate surface area is 96.1 Å². The van der Waals surface area contributed by atoms with Crippen molar-refractivity contribution in [2.75, 3.05) is 7.11 Å². The molecule has 0 atom stereocenters. The first kappa shape index (κ1) is 13.0. The highest BCUT2D eigenvalue weighted by molar-refractivity contribution is 5.42. The minimum atomic E-state index is -1.07. The summed E-state index contributed by atoms with van der Waals surface area (Å²) in [6.07, 6.45) is 0. The number of ether oxygens (including phenoxy) is 1. The Hall–Kier alpha value is -1.09. The van der Waals surface area contributed by atoms with Crippen LogP contribution in [0, 0.1) is 5.82 Å². The van der Waals surface area contributed by atoms with E-state index in [4.69, 9.17) is 4.74 Å². The topological polar surface area (TPSA) is 29.5 Å². The van der Waals surface area contributed by atoms with Crippen LogP contribution in [0.2, 0.25) is 0 Å². The lowest BCUT2D eigenvalue weighted by Crippen LogP contribution is -2.16. The molecule has 0 bridgehead atoms. The predicted octanol–water partition coefficient (Wildman–Crippen LogP) is 3.19. The highest BCUT2D eigenvalue weighted by atomic mass is 19.1. The Kier molecular flexibility index (Phi) is 3.58. The van der Waals surface area contributed by atoms with Crippen LogP contribution in [-0.2, 0) is 5.60 Å². The Balaban J connectivity index is 3.38. The van der Waals surface area contributed by atoms with Gasteiger partial charge in [0, 0.05) is 5.56 Å². The van der Waals surface area contributed by atoms with Crippen molar-refractivity contribution < 1.29 is 14.2 Å². The first-order valence-electron chi connectivity index (χ1n) is 5.37. The van der Waals surface area contributed by atoms with Gasteiger partial charge in [0.05, 0.1) is 12.7 Å². The van der Waals surface area contributed by atoms with E-state index in [1.807, 2.05) is 13.8 Å². The molecule has 1 rings (SSSR count). The van der Waals surface area contributed by atoms with Crippen LogP contribution < -0.4 is 4.74 Å². The van der Waals surface area contributed by atoms with Crippen molar-refractivity contribution in [3.05, 3.63) is 29.1 Å². The number of benzene rings is 1. The molecule has 0 saturated heterocycles. The van der Waals surface area contributed by atoms with Gasteiger partial charge in [-0.25, -0.2) is 4.39 Å². The van der Waals surface area contributed by atoms with Crippen molar-refractivity contribution in [2.45, 2.75) is 39.2 Å². The van der Waals surface area contributed by atoms with E-state index in [2.05, 4.69) is 0 Å². The fourth-order valence-corrected chi connectivity index (χ4v) is 1.68. The van der Waals surface area contributed by atoms with Gasteiger partial charge in [-0.15, -0.1) is 0 Å². The maximum atomic E-state index is 13.9. The van der Waals surface area contributed by atoms with Crippen molar-refractivity contribution >= 4 is 0 Å². The van der Waals surface area contributed by atoms with E-state index in [1.165, 1.54) is 13.2 Å². The summed E-state index contributed by atoms with van der Waals surface area (Å²) in [6, 6.07) is 3.07. The van der Waals surface area contributed by atoms with Gasteiger partial charge in [-0.2, -0.15) is 0 Å². The van der Waals surface area contributed by atoms with Crippen LogP contribution >= 0.6 is 0 Å². The Morgan fingerprint density at radius 3 is 2.25 bits per heavy atom. The Morgan fingerprint density at radius 2 is 1.88 bits per heavy atom. The molecule has 1 aromatic rings. The third-order valence-corrected chi connectivity index (χ3v) is 2.60. The summed E-state index contributed by atoms with van der Waals surface area (Å²) in [5.74, 6) is 0.212. The second kappa shape index (κ2) is 4.42. The summed E-state index contributed by atoms with van der Waals surface area (Å²) in [5, 5.41) is 9.84. The van der Waals surface area contributed by atoms with Crippen molar-refractivity contribution in [3.8, 4) is 5.75 Å². The van der Waals surface area contributed by atoms with Crippen molar-refractivity contribution in [1.29, 1.82) is 0 Å². The molecule has 0 aliphatic carbocycles. The van der Waals surface area contributed by atoms with Crippen LogP contribution in [-0.4, -0.2) is 12.2 Å². The lowest BCUT2D eigenvalue weighted by Gasteiger charge is -2.21. The number of hydrogen-bond acceptors (Lipinski definition) is 2. The number of hydrogen-bond donors (Lipinski definition) is 1. The summed E-state index contributed by atoms with van der Waals surface area (Å²) < 4.78 is 19.1. The van der Waals surface area contributed by atoms with Gasteiger partial charge in [-0.1, -0.05) is 13.8 Å². The maximum absolute atomic E-state index is 13.9. The van der Waals surface area contributed by atoms with Crippen molar-refractivity contribution in [2.24, 2.45) is 0 Å². The average Bonchev–Trinajstić information content (AvgIpc) is 2.14. The van der Waals surface area contributed by atoms with E-state index in [9.17, 15) is 9.50 Å². The summed E-state index contributed by atoms with van der Waals surface area (Å²) >= 11 is 0. The molecule has 0 radical (unpaired) electrons. The highest BCUT2D eigenvalue weighted by Crippen LogP contribution is 2.33. The van der Waals surface area contributed by atoms with Gasteiger partial charge in [0.25, 0.3) is 0 Å². The molecule has 0 amide bonds. The fraction of sp³-hybridized carbons (Fsp3) is 0.538. The zero-order chi connectivity index (χ0) is 12.5. The van der Waals surface area contributed by atoms with E-state index in [0.717, 1.165) is 0 Å². The molecule has 0 saturated carbocycles. The minimum Gasteiger partial charge on any atom is -0.496 e. The number of methoxy groups -OCH3 is 1. The fourth-order valence-electron chi connectivity index (χ4n) is 1.68. The molecule has 1 aromatic carbocycles. The smallest absolute Gasteiger partial charge is 0.130 e. The molecule has 0 aliphatic rings. The second-order valence-electron chi connectivity index (χ2n) is 4.79. The normalized spacial score (nSPS) is 12.0. The van der Waals surface area contributed by atoms with Crippen molar-refractivity contribution in [3.63, 3.8) is 0 Å². The Bertz CT molecular complexity index is 378. The van der Waals surface area contributed by atoms with E-state index >= 15 is 0 Å². The Morgan fingerprint density at radius 1 is 1.31 bits per heavy atom. The van der Waals surface area contributed by atoms with Crippen LogP contribution in [0.1, 0.15) is 44.7 Å². The van der Waals surface area contributed by atoms with Crippen molar-refractivity contribution in [1.82, 2.24) is 0 Å². The molecular formula is C13H19FO2. The molecular weight excluding hydrogens is 207 g/mol. The van der Waals surface area contributed by atoms with E-state index < -0.39 is 5.60 Å². The predicted molar refractivity (Wildman–Crippen MR) is 62.3 cm³/mol. The summed E-state index contributed by atoms with van der Waals surface area (Å²) in [4.78, 5) is 0. The van der Waals surface area contributed by atoms with Crippen LogP contribution in [0.3, 0.4) is 0 Å². The SMILES string of the molecule is COc1cc(C(C)(C)O)cc(F)c1C(C)C. The van der Waals surface area contributed by atoms with Gasteiger partial charge < -0.3 is 9.84 Å². The molecule has 90 valence electrons. The lowest BCUT2D eigenvalue weighted by molar-refractivity contribution is 0.0779. The van der Waals surface area contributed by atoms with Gasteiger partial charge in [0.15, 0.2) is 0 Å². The summed E-state index contributed by atoms with van der Waals surface area (Å²) in [6.45, 7) is 7.06. The molecule has 3 heteroatoms. The highest BCUT2D eigenvalue weighted by Gasteiger charge is 2.22. The number of halogens is 1. The largest absolute Gasteiger partial charge is 0.496 e. The van der Waals surface area contributed by atoms with Crippen LogP contribution in [0.5, 0.6) is 5.75 Å². The first-order chi connectivity index (χ1) is 7.27. The number of aliphatic hydroxyl groups is 1. The zero-order valence-corrected chi connectivity index (χ0v) is 10.5. The van der Waals surface area contributed by atoms with E-state index in [0.29, 0.717) is 16.9 Å². The van der Waals surface area contributed by atoms with Gasteiger partial charge >= 0.3 is 0 Å². The molecule has 2 nitrogen and oxygen atoms in total. The maximum Gasteiger partial charge on any atom is 0.130 e. The monoisotopic (exact) mass is 226 g/mol. The van der Waals surface area contributed by atoms with Gasteiger partial charge in [-0.3, -0.25) is 0 Å². The van der Waals surface area contributed by atoms with Crippen LogP contribution in [0.4, 0.5) is 4.39 Å². The number of rotatable bonds is 3. The molecule has 0 fully saturated rings. The minimum absolute atomic E-state index is 0.0470. The zero-order valence-electron chi connectivity index (χ0n) is 10.5. The summed E-state index contributed by atoms with van der Waals surface area (Å²) in [5.41, 5.74) is 0.00522. The molecule has 16 heavy (non-hydrogen) atoms. The quantitative estimate of drug-likeness (QED) is 0.857. The van der Waals surface area contributed by atoms with E-state index in [1.54, 1.807) is 19.9 Å². The molecule has 0 aromatic heterocycles.